The summed E-state index contributed by atoms with van der Waals surface area (Å²) in [5.41, 5.74) is 3.25. The van der Waals surface area contributed by atoms with Crippen molar-refractivity contribution in [3.63, 3.8) is 0 Å². The van der Waals surface area contributed by atoms with Crippen molar-refractivity contribution in [2.45, 2.75) is 20.0 Å². The minimum absolute atomic E-state index is 0.746. The van der Waals surface area contributed by atoms with Gasteiger partial charge in [-0.05, 0) is 34.5 Å². The maximum Gasteiger partial charge on any atom is 0.0739 e. The van der Waals surface area contributed by atoms with E-state index in [-0.39, 0.29) is 0 Å². The van der Waals surface area contributed by atoms with E-state index in [4.69, 9.17) is 11.6 Å². The molecule has 0 aliphatic carbocycles. The first kappa shape index (κ1) is 13.6. The highest BCUT2D eigenvalue weighted by Crippen LogP contribution is 2.20. The van der Waals surface area contributed by atoms with Gasteiger partial charge in [0, 0.05) is 25.2 Å². The average molecular weight is 329 g/mol. The van der Waals surface area contributed by atoms with Gasteiger partial charge in [-0.25, -0.2) is 0 Å². The molecule has 0 saturated heterocycles. The van der Waals surface area contributed by atoms with Crippen LogP contribution in [0.4, 0.5) is 0 Å². The lowest BCUT2D eigenvalue weighted by Crippen LogP contribution is -2.15. The van der Waals surface area contributed by atoms with E-state index in [1.54, 1.807) is 0 Å². The summed E-state index contributed by atoms with van der Waals surface area (Å²) in [4.78, 5) is 0. The first-order valence-corrected chi connectivity index (χ1v) is 6.88. The number of halogens is 2. The fourth-order valence-corrected chi connectivity index (χ4v) is 2.51. The maximum atomic E-state index is 6.11. The molecule has 0 atom stereocenters. The lowest BCUT2D eigenvalue weighted by Gasteiger charge is -2.07. The second-order valence-corrected chi connectivity index (χ2v) is 5.36. The molecule has 0 amide bonds. The molecule has 1 aromatic heterocycles. The van der Waals surface area contributed by atoms with Gasteiger partial charge >= 0.3 is 0 Å². The third-order valence-electron chi connectivity index (χ3n) is 2.83. The summed E-state index contributed by atoms with van der Waals surface area (Å²) in [7, 11) is 1.95. The van der Waals surface area contributed by atoms with Crippen LogP contribution in [0, 0.1) is 6.92 Å². The van der Waals surface area contributed by atoms with E-state index in [9.17, 15) is 0 Å². The van der Waals surface area contributed by atoms with Crippen molar-refractivity contribution in [3.8, 4) is 0 Å². The smallest absolute Gasteiger partial charge is 0.0739 e. The molecule has 5 heteroatoms. The van der Waals surface area contributed by atoms with E-state index in [0.717, 1.165) is 39.5 Å². The number of hydrogen-bond acceptors (Lipinski definition) is 2. The molecule has 18 heavy (non-hydrogen) atoms. The van der Waals surface area contributed by atoms with Gasteiger partial charge in [0.2, 0.25) is 0 Å². The van der Waals surface area contributed by atoms with E-state index in [1.165, 1.54) is 0 Å². The van der Waals surface area contributed by atoms with Crippen molar-refractivity contribution in [2.75, 3.05) is 0 Å². The molecule has 0 bridgehead atoms. The Morgan fingerprint density at radius 3 is 2.67 bits per heavy atom. The number of nitrogens with zero attached hydrogens (tertiary/aromatic N) is 2. The van der Waals surface area contributed by atoms with Crippen LogP contribution in [-0.2, 0) is 20.1 Å². The summed E-state index contributed by atoms with van der Waals surface area (Å²) in [5, 5.41) is 8.53. The predicted octanol–water partition coefficient (Wildman–Crippen LogP) is 3.43. The van der Waals surface area contributed by atoms with Crippen molar-refractivity contribution in [1.29, 1.82) is 0 Å². The number of aryl methyl sites for hydroxylation is 2. The van der Waals surface area contributed by atoms with Gasteiger partial charge in [-0.15, -0.1) is 0 Å². The highest BCUT2D eigenvalue weighted by molar-refractivity contribution is 9.10. The van der Waals surface area contributed by atoms with Gasteiger partial charge in [-0.1, -0.05) is 29.8 Å². The van der Waals surface area contributed by atoms with E-state index in [1.807, 2.05) is 42.9 Å². The SMILES string of the molecule is Cc1nn(C)c(CNCc2ccccc2Cl)c1Br. The van der Waals surface area contributed by atoms with Gasteiger partial charge in [0.15, 0.2) is 0 Å². The number of nitrogens with one attached hydrogen (secondary N) is 1. The minimum atomic E-state index is 0.746. The topological polar surface area (TPSA) is 29.9 Å². The zero-order valence-electron chi connectivity index (χ0n) is 10.4. The minimum Gasteiger partial charge on any atom is -0.307 e. The van der Waals surface area contributed by atoms with Crippen LogP contribution in [0.5, 0.6) is 0 Å². The van der Waals surface area contributed by atoms with Gasteiger partial charge in [0.25, 0.3) is 0 Å². The molecule has 0 aliphatic heterocycles. The number of benzene rings is 1. The first-order valence-electron chi connectivity index (χ1n) is 5.71. The van der Waals surface area contributed by atoms with E-state index in [0.29, 0.717) is 0 Å². The molecule has 3 nitrogen and oxygen atoms in total. The molecule has 1 aromatic carbocycles. The molecule has 1 heterocycles. The van der Waals surface area contributed by atoms with Crippen LogP contribution in [-0.4, -0.2) is 9.78 Å². The molecule has 0 spiro atoms. The Morgan fingerprint density at radius 1 is 1.33 bits per heavy atom. The van der Waals surface area contributed by atoms with Gasteiger partial charge in [-0.2, -0.15) is 5.10 Å². The molecule has 0 aliphatic rings. The van der Waals surface area contributed by atoms with Crippen molar-refractivity contribution >= 4 is 27.5 Å². The van der Waals surface area contributed by atoms with Crippen molar-refractivity contribution in [3.05, 3.63) is 50.7 Å². The van der Waals surface area contributed by atoms with Gasteiger partial charge < -0.3 is 5.32 Å². The second kappa shape index (κ2) is 5.87. The van der Waals surface area contributed by atoms with Crippen LogP contribution in [0.25, 0.3) is 0 Å². The number of rotatable bonds is 4. The highest BCUT2D eigenvalue weighted by Gasteiger charge is 2.09. The maximum absolute atomic E-state index is 6.11. The Morgan fingerprint density at radius 2 is 2.06 bits per heavy atom. The summed E-state index contributed by atoms with van der Waals surface area (Å²) < 4.78 is 2.95. The van der Waals surface area contributed by atoms with Crippen LogP contribution in [0.1, 0.15) is 17.0 Å². The number of aromatic nitrogens is 2. The summed E-state index contributed by atoms with van der Waals surface area (Å²) in [5.74, 6) is 0. The largest absolute Gasteiger partial charge is 0.307 e. The number of hydrogen-bond donors (Lipinski definition) is 1. The van der Waals surface area contributed by atoms with Crippen LogP contribution < -0.4 is 5.32 Å². The zero-order chi connectivity index (χ0) is 13.1. The summed E-state index contributed by atoms with van der Waals surface area (Å²) in [6.45, 7) is 3.49. The zero-order valence-corrected chi connectivity index (χ0v) is 12.7. The third kappa shape index (κ3) is 2.94. The Bertz CT molecular complexity index is 551. The molecular formula is C13H15BrClN3. The lowest BCUT2D eigenvalue weighted by molar-refractivity contribution is 0.623. The van der Waals surface area contributed by atoms with Gasteiger partial charge in [0.05, 0.1) is 15.9 Å². The highest BCUT2D eigenvalue weighted by atomic mass is 79.9. The molecule has 0 unspecified atom stereocenters. The normalized spacial score (nSPS) is 10.9. The van der Waals surface area contributed by atoms with Gasteiger partial charge in [0.1, 0.15) is 0 Å². The van der Waals surface area contributed by atoms with Crippen molar-refractivity contribution in [2.24, 2.45) is 7.05 Å². The first-order chi connectivity index (χ1) is 8.59. The van der Waals surface area contributed by atoms with Gasteiger partial charge in [-0.3, -0.25) is 4.68 Å². The molecular weight excluding hydrogens is 314 g/mol. The molecule has 2 rings (SSSR count). The quantitative estimate of drug-likeness (QED) is 0.932. The molecule has 2 aromatic rings. The third-order valence-corrected chi connectivity index (χ3v) is 4.23. The molecule has 0 radical (unpaired) electrons. The standard InChI is InChI=1S/C13H15BrClN3/c1-9-13(14)12(18(2)17-9)8-16-7-10-5-3-4-6-11(10)15/h3-6,16H,7-8H2,1-2H3. The van der Waals surface area contributed by atoms with E-state index in [2.05, 4.69) is 26.3 Å². The van der Waals surface area contributed by atoms with Crippen molar-refractivity contribution in [1.82, 2.24) is 15.1 Å². The summed E-state index contributed by atoms with van der Waals surface area (Å²) in [6.07, 6.45) is 0. The molecule has 96 valence electrons. The predicted molar refractivity (Wildman–Crippen MR) is 77.6 cm³/mol. The Labute approximate surface area is 120 Å². The summed E-state index contributed by atoms with van der Waals surface area (Å²) >= 11 is 9.66. The Balaban J connectivity index is 1.99. The average Bonchev–Trinajstić information content (AvgIpc) is 2.58. The fraction of sp³-hybridized carbons (Fsp3) is 0.308. The monoisotopic (exact) mass is 327 g/mol. The lowest BCUT2D eigenvalue weighted by atomic mass is 10.2. The molecule has 1 N–H and O–H groups in total. The van der Waals surface area contributed by atoms with Crippen LogP contribution in [0.2, 0.25) is 5.02 Å². The molecule has 0 fully saturated rings. The molecule has 0 saturated carbocycles. The van der Waals surface area contributed by atoms with E-state index >= 15 is 0 Å². The summed E-state index contributed by atoms with van der Waals surface area (Å²) in [6, 6.07) is 7.86. The van der Waals surface area contributed by atoms with Crippen LogP contribution >= 0.6 is 27.5 Å². The Hall–Kier alpha value is -0.840. The van der Waals surface area contributed by atoms with E-state index < -0.39 is 0 Å². The Kier molecular flexibility index (Phi) is 4.43. The van der Waals surface area contributed by atoms with Crippen LogP contribution in [0.15, 0.2) is 28.7 Å². The van der Waals surface area contributed by atoms with Crippen molar-refractivity contribution < 1.29 is 0 Å². The second-order valence-electron chi connectivity index (χ2n) is 4.16. The fourth-order valence-electron chi connectivity index (χ4n) is 1.83. The van der Waals surface area contributed by atoms with Crippen LogP contribution in [0.3, 0.4) is 0 Å².